The van der Waals surface area contributed by atoms with Crippen molar-refractivity contribution in [1.82, 2.24) is 52.3 Å². The number of hydrogen-bond acceptors (Lipinski definition) is 23. The number of nitrogens with one attached hydrogen (secondary N) is 8. The Hall–Kier alpha value is -10.1. The van der Waals surface area contributed by atoms with Crippen LogP contribution in [0.15, 0.2) is 34.3 Å². The van der Waals surface area contributed by atoms with E-state index in [4.69, 9.17) is 43.9 Å². The van der Waals surface area contributed by atoms with E-state index in [-0.39, 0.29) is 100 Å². The first-order valence-corrected chi connectivity index (χ1v) is 37.0. The standard InChI is InChI=1S/C71H118N18O22/c1-32(2)29-34(5)54(95)37(8)59(99)82-44(31-48(72)92)61(101)80-42(17-15-26-78-70(74)75)55(96)56(97)66(106)84-50(35(6)36(7)58(73)98)63(103)86-52-39(10)111-69(109)47-19-13-14-28-89(47)68(108)53(57(110-12)40-20-22-41(91)23-21-40)87-62(102)46(24-25-49(93)94)88(11)67(107)45(30-33(3)4)83-60(100)43(18-16-27-79-71(76)77)81-64(104)51(38(9)90)85-65(52)105/h20-23,32-39,42-47,50-57,90-91,95-97H,13-19,24-31H2,1-12H3,(H2,72,92)(H2,73,98)(H,80,101)(H,81,104)(H,82,99)(H,83,100)(H,84,106)(H,85,105)(H,86,103)(H,87,102)(H,93,94)(H4,74,75,78)(H4,76,77,79)/t34-,35?,36?,37-,38+,39-,42+,43-,44+,45+,46+,47+,50?,51-,52-,53-,54-,55-,56-,57-/m1/s1. The predicted octanol–water partition coefficient (Wildman–Crippen LogP) is -5.46. The van der Waals surface area contributed by atoms with E-state index in [9.17, 15) is 73.8 Å². The Kier molecular flexibility index (Phi) is 38.8. The van der Waals surface area contributed by atoms with Crippen LogP contribution in [0.5, 0.6) is 5.75 Å². The van der Waals surface area contributed by atoms with Crippen LogP contribution in [0, 0.1) is 35.5 Å². The van der Waals surface area contributed by atoms with Gasteiger partial charge in [0.2, 0.25) is 65.0 Å². The summed E-state index contributed by atoms with van der Waals surface area (Å²) in [6.45, 7) is 14.3. The molecule has 2 aliphatic heterocycles. The molecule has 40 heteroatoms. The minimum atomic E-state index is -2.67. The molecule has 12 amide bonds. The van der Waals surface area contributed by atoms with E-state index in [1.165, 1.54) is 52.1 Å². The molecule has 624 valence electrons. The third-order valence-corrected chi connectivity index (χ3v) is 19.5. The second kappa shape index (κ2) is 45.3. The van der Waals surface area contributed by atoms with Gasteiger partial charge in [0.25, 0.3) is 5.91 Å². The number of aliphatic hydroxyl groups excluding tert-OH is 4. The number of carboxylic acids is 1. The lowest BCUT2D eigenvalue weighted by atomic mass is 9.87. The van der Waals surface area contributed by atoms with Crippen molar-refractivity contribution >= 4 is 94.7 Å². The number of esters is 1. The number of likely N-dealkylation sites (N-methyl/N-ethyl adjacent to an activating group) is 1. The molecule has 1 aromatic rings. The lowest BCUT2D eigenvalue weighted by Crippen LogP contribution is -2.65. The number of rotatable bonds is 36. The van der Waals surface area contributed by atoms with Crippen LogP contribution in [0.1, 0.15) is 158 Å². The molecule has 0 aromatic heterocycles. The fourth-order valence-corrected chi connectivity index (χ4v) is 13.0. The van der Waals surface area contributed by atoms with Crippen LogP contribution in [0.25, 0.3) is 0 Å². The van der Waals surface area contributed by atoms with Gasteiger partial charge in [-0.25, -0.2) is 4.79 Å². The molecule has 111 heavy (non-hydrogen) atoms. The van der Waals surface area contributed by atoms with Crippen LogP contribution in [0.2, 0.25) is 0 Å². The average molecular weight is 1580 g/mol. The number of ether oxygens (including phenoxy) is 2. The highest BCUT2D eigenvalue weighted by atomic mass is 16.5. The Labute approximate surface area is 644 Å². The van der Waals surface area contributed by atoms with Gasteiger partial charge < -0.3 is 127 Å². The Morgan fingerprint density at radius 3 is 1.81 bits per heavy atom. The number of carboxylic acid groups (broad SMARTS) is 1. The number of benzene rings is 1. The van der Waals surface area contributed by atoms with Crippen molar-refractivity contribution in [2.24, 2.45) is 79.9 Å². The topological polar surface area (TPSA) is 662 Å². The Balaban J connectivity index is 2.38. The van der Waals surface area contributed by atoms with Crippen molar-refractivity contribution in [3.63, 3.8) is 0 Å². The van der Waals surface area contributed by atoms with Crippen LogP contribution in [-0.4, -0.2) is 260 Å². The molecule has 0 saturated carbocycles. The van der Waals surface area contributed by atoms with Gasteiger partial charge in [-0.1, -0.05) is 67.5 Å². The highest BCUT2D eigenvalue weighted by Crippen LogP contribution is 2.30. The Bertz CT molecular complexity index is 3430. The lowest BCUT2D eigenvalue weighted by molar-refractivity contribution is -0.165. The number of piperidine rings is 1. The zero-order valence-electron chi connectivity index (χ0n) is 65.1. The number of carbonyl (C=O) groups excluding carboxylic acids is 13. The van der Waals surface area contributed by atoms with Gasteiger partial charge in [-0.15, -0.1) is 0 Å². The molecule has 40 nitrogen and oxygen atoms in total. The Morgan fingerprint density at radius 1 is 0.667 bits per heavy atom. The maximum absolute atomic E-state index is 15.6. The predicted molar refractivity (Wildman–Crippen MR) is 400 cm³/mol. The largest absolute Gasteiger partial charge is 0.508 e. The molecule has 0 aliphatic carbocycles. The highest BCUT2D eigenvalue weighted by Gasteiger charge is 2.47. The van der Waals surface area contributed by atoms with Crippen molar-refractivity contribution in [1.29, 1.82) is 0 Å². The number of nitrogens with two attached hydrogens (primary N) is 6. The summed E-state index contributed by atoms with van der Waals surface area (Å²) in [5, 5.41) is 86.0. The van der Waals surface area contributed by atoms with E-state index in [1.54, 1.807) is 20.8 Å². The number of fused-ring (bicyclic) bond motifs is 1. The molecule has 2 aliphatic rings. The van der Waals surface area contributed by atoms with E-state index in [0.717, 1.165) is 30.7 Å². The normalized spacial score (nSPS) is 23.2. The van der Waals surface area contributed by atoms with Gasteiger partial charge in [-0.05, 0) is 119 Å². The first-order chi connectivity index (χ1) is 51.8. The first-order valence-electron chi connectivity index (χ1n) is 37.0. The van der Waals surface area contributed by atoms with Crippen LogP contribution in [-0.2, 0) is 76.6 Å². The van der Waals surface area contributed by atoms with Crippen molar-refractivity contribution in [2.45, 2.75) is 243 Å². The summed E-state index contributed by atoms with van der Waals surface area (Å²) in [5.41, 5.74) is 33.6. The van der Waals surface area contributed by atoms with Gasteiger partial charge in [-0.3, -0.25) is 72.3 Å². The molecule has 0 bridgehead atoms. The smallest absolute Gasteiger partial charge is 0.329 e. The van der Waals surface area contributed by atoms with E-state index < -0.39 is 229 Å². The second-order valence-corrected chi connectivity index (χ2v) is 29.4. The molecule has 20 atom stereocenters. The summed E-state index contributed by atoms with van der Waals surface area (Å²) in [7, 11) is 2.34. The molecule has 2 saturated heterocycles. The molecule has 0 spiro atoms. The van der Waals surface area contributed by atoms with Gasteiger partial charge >= 0.3 is 11.9 Å². The van der Waals surface area contributed by atoms with Crippen molar-refractivity contribution < 1.29 is 107 Å². The summed E-state index contributed by atoms with van der Waals surface area (Å²) in [6, 6.07) is -13.3. The summed E-state index contributed by atoms with van der Waals surface area (Å²) in [6.07, 6.45) is -14.0. The third-order valence-electron chi connectivity index (χ3n) is 19.5. The molecular formula is C71H118N18O22. The summed E-state index contributed by atoms with van der Waals surface area (Å²) >= 11 is 0. The molecule has 2 fully saturated rings. The summed E-state index contributed by atoms with van der Waals surface area (Å²) in [5.74, 6) is -22.5. The van der Waals surface area contributed by atoms with Crippen LogP contribution < -0.4 is 76.9 Å². The lowest BCUT2D eigenvalue weighted by Gasteiger charge is -2.39. The number of aromatic hydroxyl groups is 1. The number of nitrogens with zero attached hydrogens (tertiary/aromatic N) is 4. The van der Waals surface area contributed by atoms with Crippen molar-refractivity contribution in [3.05, 3.63) is 29.8 Å². The van der Waals surface area contributed by atoms with Gasteiger partial charge in [0.15, 0.2) is 18.0 Å². The molecule has 1 aromatic carbocycles. The van der Waals surface area contributed by atoms with Crippen LogP contribution >= 0.6 is 0 Å². The zero-order chi connectivity index (χ0) is 84.2. The second-order valence-electron chi connectivity index (χ2n) is 29.4. The number of guanidine groups is 2. The fraction of sp³-hybridized carbons (Fsp3) is 0.690. The van der Waals surface area contributed by atoms with E-state index in [1.807, 2.05) is 13.8 Å². The van der Waals surface area contributed by atoms with Gasteiger partial charge in [0.05, 0.1) is 30.6 Å². The first kappa shape index (κ1) is 95.1. The zero-order valence-corrected chi connectivity index (χ0v) is 65.1. The molecule has 0 radical (unpaired) electrons. The number of primary amides is 2. The minimum Gasteiger partial charge on any atom is -0.508 e. The number of phenols is 1. The number of cyclic esters (lactones) is 1. The average Bonchev–Trinajstić information content (AvgIpc) is 0.786. The van der Waals surface area contributed by atoms with Crippen molar-refractivity contribution in [2.75, 3.05) is 33.8 Å². The summed E-state index contributed by atoms with van der Waals surface area (Å²) in [4.78, 5) is 210. The summed E-state index contributed by atoms with van der Waals surface area (Å²) < 4.78 is 11.9. The molecule has 26 N–H and O–H groups in total. The third kappa shape index (κ3) is 29.6. The monoisotopic (exact) mass is 1570 g/mol. The Morgan fingerprint density at radius 2 is 1.26 bits per heavy atom. The maximum atomic E-state index is 15.6. The quantitative estimate of drug-likeness (QED) is 0.0129. The highest BCUT2D eigenvalue weighted by molar-refractivity contribution is 6.00. The molecule has 3 rings (SSSR count). The number of carbonyl (C=O) groups is 14. The number of amides is 12. The number of phenolic OH excluding ortho intramolecular Hbond substituents is 1. The minimum absolute atomic E-state index is 0.0625. The number of hydrogen-bond donors (Lipinski definition) is 20. The number of aliphatic hydroxyl groups is 4. The SMILES string of the molecule is CO[C@H](c1ccc(O)cc1)[C@H]1NC(=O)[C@H](CCC(=O)O)N(C)C(=O)[C@H](CC(C)C)NC(=O)[C@@H](CCCN=C(N)N)NC(=O)[C@@H]([C@H](C)O)NC(=O)[C@H](NC(=O)C(NC(=O)[C@H](O)[C@H](O)[C@H](CCCN=C(N)N)NC(=O)[C@H](CC(N)=O)NC(=O)[C@H](C)[C@H](O)[C@H](C)CC(C)C)C(C)C(C)C(N)=O)[C@@H](C)OC(=O)[C@@H]2CCCCN2C1=O. The van der Waals surface area contributed by atoms with E-state index in [0.29, 0.717) is 6.42 Å². The molecule has 3 unspecified atom stereocenters. The fourth-order valence-electron chi connectivity index (χ4n) is 13.0. The number of aliphatic imine (C=N–C) groups is 2. The van der Waals surface area contributed by atoms with E-state index >= 15 is 24.0 Å². The van der Waals surface area contributed by atoms with Gasteiger partial charge in [0, 0.05) is 46.1 Å². The van der Waals surface area contributed by atoms with E-state index in [2.05, 4.69) is 52.5 Å². The number of methoxy groups -OCH3 is 1. The van der Waals surface area contributed by atoms with Gasteiger partial charge in [-0.2, -0.15) is 0 Å². The van der Waals surface area contributed by atoms with Crippen molar-refractivity contribution in [3.8, 4) is 5.75 Å². The maximum Gasteiger partial charge on any atom is 0.329 e. The number of aliphatic carboxylic acids is 1. The van der Waals surface area contributed by atoms with Crippen LogP contribution in [0.4, 0.5) is 0 Å². The van der Waals surface area contributed by atoms with Crippen LogP contribution in [0.3, 0.4) is 0 Å². The molecule has 2 heterocycles. The molecular weight excluding hydrogens is 1460 g/mol. The van der Waals surface area contributed by atoms with Gasteiger partial charge in [0.1, 0.15) is 78.4 Å².